The van der Waals surface area contributed by atoms with Crippen LogP contribution in [0.5, 0.6) is 0 Å². The Hall–Kier alpha value is -2.25. The molecule has 1 N–H and O–H groups in total. The summed E-state index contributed by atoms with van der Waals surface area (Å²) < 4.78 is 40.8. The van der Waals surface area contributed by atoms with Gasteiger partial charge >= 0.3 is 0 Å². The van der Waals surface area contributed by atoms with Crippen molar-refractivity contribution in [2.75, 3.05) is 13.1 Å². The Kier molecular flexibility index (Phi) is 6.46. The number of carbonyl (C=O) groups is 1. The van der Waals surface area contributed by atoms with Crippen molar-refractivity contribution in [3.05, 3.63) is 65.0 Å². The Morgan fingerprint density at radius 3 is 2.46 bits per heavy atom. The lowest BCUT2D eigenvalue weighted by molar-refractivity contribution is 0.0950. The predicted octanol–water partition coefficient (Wildman–Crippen LogP) is 3.63. The normalized spacial score (nSPS) is 15.8. The van der Waals surface area contributed by atoms with E-state index in [0.717, 1.165) is 25.7 Å². The van der Waals surface area contributed by atoms with Crippen LogP contribution in [0, 0.1) is 12.7 Å². The maximum Gasteiger partial charge on any atom is 0.251 e. The summed E-state index contributed by atoms with van der Waals surface area (Å²) in [4.78, 5) is 12.8. The molecule has 2 aromatic rings. The van der Waals surface area contributed by atoms with Crippen LogP contribution < -0.4 is 5.32 Å². The molecule has 0 saturated carbocycles. The van der Waals surface area contributed by atoms with Gasteiger partial charge in [0.25, 0.3) is 5.91 Å². The average Bonchev–Trinajstić information content (AvgIpc) is 2.96. The number of amides is 1. The van der Waals surface area contributed by atoms with Gasteiger partial charge < -0.3 is 5.32 Å². The van der Waals surface area contributed by atoms with Crippen molar-refractivity contribution in [2.24, 2.45) is 0 Å². The van der Waals surface area contributed by atoms with Gasteiger partial charge in [-0.3, -0.25) is 4.79 Å². The minimum atomic E-state index is -3.63. The monoisotopic (exact) mass is 404 g/mol. The third kappa shape index (κ3) is 4.77. The smallest absolute Gasteiger partial charge is 0.251 e. The Balaban J connectivity index is 1.79. The molecule has 0 radical (unpaired) electrons. The number of hydrogen-bond acceptors (Lipinski definition) is 3. The molecule has 0 spiro atoms. The van der Waals surface area contributed by atoms with Crippen molar-refractivity contribution < 1.29 is 17.6 Å². The standard InChI is InChI=1S/C21H25FN2O3S/c1-16-9-10-19(28(26,27)24-11-4-2-3-5-12-24)14-20(16)21(25)23-15-17-7-6-8-18(22)13-17/h6-10,13-14H,2-5,11-12,15H2,1H3,(H,23,25). The Labute approximate surface area is 165 Å². The Bertz CT molecular complexity index is 952. The third-order valence-corrected chi connectivity index (χ3v) is 6.89. The first kappa shape index (κ1) is 20.5. The second-order valence-electron chi connectivity index (χ2n) is 7.11. The van der Waals surface area contributed by atoms with Crippen molar-refractivity contribution in [3.63, 3.8) is 0 Å². The first-order valence-electron chi connectivity index (χ1n) is 9.51. The fourth-order valence-electron chi connectivity index (χ4n) is 3.36. The second kappa shape index (κ2) is 8.84. The van der Waals surface area contributed by atoms with Crippen LogP contribution in [0.25, 0.3) is 0 Å². The summed E-state index contributed by atoms with van der Waals surface area (Å²) >= 11 is 0. The number of nitrogens with one attached hydrogen (secondary N) is 1. The molecule has 1 aliphatic rings. The van der Waals surface area contributed by atoms with Crippen molar-refractivity contribution in [3.8, 4) is 0 Å². The molecule has 5 nitrogen and oxygen atoms in total. The summed E-state index contributed by atoms with van der Waals surface area (Å²) in [5.41, 5.74) is 1.64. The van der Waals surface area contributed by atoms with E-state index in [2.05, 4.69) is 5.32 Å². The summed E-state index contributed by atoms with van der Waals surface area (Å²) in [6.07, 6.45) is 3.78. The molecule has 150 valence electrons. The zero-order valence-electron chi connectivity index (χ0n) is 15.9. The van der Waals surface area contributed by atoms with Crippen LogP contribution in [0.3, 0.4) is 0 Å². The van der Waals surface area contributed by atoms with Crippen LogP contribution >= 0.6 is 0 Å². The summed E-state index contributed by atoms with van der Waals surface area (Å²) in [7, 11) is -3.63. The van der Waals surface area contributed by atoms with Crippen molar-refractivity contribution in [1.29, 1.82) is 0 Å². The molecule has 1 heterocycles. The molecule has 3 rings (SSSR count). The van der Waals surface area contributed by atoms with Crippen LogP contribution in [-0.2, 0) is 16.6 Å². The van der Waals surface area contributed by atoms with Crippen LogP contribution in [-0.4, -0.2) is 31.7 Å². The lowest BCUT2D eigenvalue weighted by atomic mass is 10.1. The summed E-state index contributed by atoms with van der Waals surface area (Å²) in [6, 6.07) is 10.6. The molecule has 0 unspecified atom stereocenters. The SMILES string of the molecule is Cc1ccc(S(=O)(=O)N2CCCCCC2)cc1C(=O)NCc1cccc(F)c1. The predicted molar refractivity (Wildman–Crippen MR) is 106 cm³/mol. The van der Waals surface area contributed by atoms with Crippen LogP contribution in [0.1, 0.15) is 47.2 Å². The number of nitrogens with zero attached hydrogens (tertiary/aromatic N) is 1. The molecule has 1 aliphatic heterocycles. The van der Waals surface area contributed by atoms with Gasteiger partial charge in [0.15, 0.2) is 0 Å². The average molecular weight is 405 g/mol. The molecule has 0 aromatic heterocycles. The second-order valence-corrected chi connectivity index (χ2v) is 9.05. The van der Waals surface area contributed by atoms with Crippen molar-refractivity contribution >= 4 is 15.9 Å². The molecular formula is C21H25FN2O3S. The van der Waals surface area contributed by atoms with Gasteiger partial charge in [0, 0.05) is 25.2 Å². The summed E-state index contributed by atoms with van der Waals surface area (Å²) in [5, 5.41) is 2.74. The van der Waals surface area contributed by atoms with Gasteiger partial charge in [0.1, 0.15) is 5.82 Å². The molecule has 2 aromatic carbocycles. The van der Waals surface area contributed by atoms with Gasteiger partial charge in [-0.2, -0.15) is 4.31 Å². The number of sulfonamides is 1. The van der Waals surface area contributed by atoms with Gasteiger partial charge in [-0.1, -0.05) is 31.0 Å². The zero-order valence-corrected chi connectivity index (χ0v) is 16.8. The zero-order chi connectivity index (χ0) is 20.1. The van der Waals surface area contributed by atoms with E-state index in [4.69, 9.17) is 0 Å². The van der Waals surface area contributed by atoms with E-state index < -0.39 is 10.0 Å². The highest BCUT2D eigenvalue weighted by Crippen LogP contribution is 2.22. The molecule has 0 atom stereocenters. The molecule has 1 saturated heterocycles. The van der Waals surface area contributed by atoms with Crippen LogP contribution in [0.15, 0.2) is 47.4 Å². The Morgan fingerprint density at radius 1 is 1.07 bits per heavy atom. The molecule has 0 aliphatic carbocycles. The number of hydrogen-bond donors (Lipinski definition) is 1. The number of aryl methyl sites for hydroxylation is 1. The minimum absolute atomic E-state index is 0.135. The molecule has 1 amide bonds. The lowest BCUT2D eigenvalue weighted by Gasteiger charge is -2.20. The highest BCUT2D eigenvalue weighted by Gasteiger charge is 2.26. The fourth-order valence-corrected chi connectivity index (χ4v) is 4.91. The number of benzene rings is 2. The first-order valence-corrected chi connectivity index (χ1v) is 11.0. The third-order valence-electron chi connectivity index (χ3n) is 5.00. The molecule has 1 fully saturated rings. The van der Waals surface area contributed by atoms with E-state index in [1.807, 2.05) is 0 Å². The summed E-state index contributed by atoms with van der Waals surface area (Å²) in [5.74, 6) is -0.747. The van der Waals surface area contributed by atoms with E-state index in [0.29, 0.717) is 29.8 Å². The van der Waals surface area contributed by atoms with Gasteiger partial charge in [0.05, 0.1) is 4.90 Å². The topological polar surface area (TPSA) is 66.5 Å². The Morgan fingerprint density at radius 2 is 1.79 bits per heavy atom. The van der Waals surface area contributed by atoms with E-state index in [-0.39, 0.29) is 23.2 Å². The fraction of sp³-hybridized carbons (Fsp3) is 0.381. The van der Waals surface area contributed by atoms with E-state index in [1.165, 1.54) is 22.5 Å². The molecule has 7 heteroatoms. The van der Waals surface area contributed by atoms with Gasteiger partial charge in [-0.15, -0.1) is 0 Å². The molecule has 0 bridgehead atoms. The maximum atomic E-state index is 13.3. The quantitative estimate of drug-likeness (QED) is 0.828. The van der Waals surface area contributed by atoms with E-state index >= 15 is 0 Å². The van der Waals surface area contributed by atoms with E-state index in [9.17, 15) is 17.6 Å². The molecule has 28 heavy (non-hydrogen) atoms. The number of rotatable bonds is 5. The lowest BCUT2D eigenvalue weighted by Crippen LogP contribution is -2.32. The van der Waals surface area contributed by atoms with Gasteiger partial charge in [-0.05, 0) is 55.2 Å². The minimum Gasteiger partial charge on any atom is -0.348 e. The van der Waals surface area contributed by atoms with Gasteiger partial charge in [0.2, 0.25) is 10.0 Å². The van der Waals surface area contributed by atoms with Crippen molar-refractivity contribution in [2.45, 2.75) is 44.0 Å². The number of halogens is 1. The van der Waals surface area contributed by atoms with E-state index in [1.54, 1.807) is 31.2 Å². The largest absolute Gasteiger partial charge is 0.348 e. The highest BCUT2D eigenvalue weighted by atomic mass is 32.2. The summed E-state index contributed by atoms with van der Waals surface area (Å²) in [6.45, 7) is 2.95. The highest BCUT2D eigenvalue weighted by molar-refractivity contribution is 7.89. The van der Waals surface area contributed by atoms with Crippen LogP contribution in [0.2, 0.25) is 0 Å². The van der Waals surface area contributed by atoms with Gasteiger partial charge in [-0.25, -0.2) is 12.8 Å². The van der Waals surface area contributed by atoms with Crippen molar-refractivity contribution in [1.82, 2.24) is 9.62 Å². The number of carbonyl (C=O) groups excluding carboxylic acids is 1. The molecular weight excluding hydrogens is 379 g/mol. The van der Waals surface area contributed by atoms with Crippen LogP contribution in [0.4, 0.5) is 4.39 Å². The first-order chi connectivity index (χ1) is 13.4. The maximum absolute atomic E-state index is 13.3.